The second-order valence-corrected chi connectivity index (χ2v) is 9.02. The predicted molar refractivity (Wildman–Crippen MR) is 124 cm³/mol. The smallest absolute Gasteiger partial charge is 0.241 e. The number of benzene rings is 1. The van der Waals surface area contributed by atoms with Gasteiger partial charge >= 0.3 is 0 Å². The summed E-state index contributed by atoms with van der Waals surface area (Å²) in [5.41, 5.74) is 0.0318. The minimum Gasteiger partial charge on any atom is -0.383 e. The van der Waals surface area contributed by atoms with Gasteiger partial charge in [0.15, 0.2) is 0 Å². The van der Waals surface area contributed by atoms with E-state index in [1.54, 1.807) is 30.5 Å². The minimum absolute atomic E-state index is 0.0902. The molecule has 2 aromatic rings. The molecule has 8 heteroatoms. The number of likely N-dealkylation sites (tertiary alicyclic amines) is 2. The average Bonchev–Trinajstić information content (AvgIpc) is 3.07. The highest BCUT2D eigenvalue weighted by atomic mass is 35.5. The number of nitrogens with zero attached hydrogens (tertiary/aromatic N) is 3. The van der Waals surface area contributed by atoms with Crippen LogP contribution in [0.5, 0.6) is 0 Å². The van der Waals surface area contributed by atoms with E-state index < -0.39 is 11.3 Å². The summed E-state index contributed by atoms with van der Waals surface area (Å²) in [6, 6.07) is 12.5. The number of ether oxygens (including phenoxy) is 1. The van der Waals surface area contributed by atoms with E-state index >= 15 is 0 Å². The van der Waals surface area contributed by atoms with Crippen LogP contribution in [0.25, 0.3) is 0 Å². The summed E-state index contributed by atoms with van der Waals surface area (Å²) in [5.74, 6) is -0.873. The van der Waals surface area contributed by atoms with E-state index in [9.17, 15) is 14.4 Å². The van der Waals surface area contributed by atoms with Gasteiger partial charge in [-0.1, -0.05) is 35.9 Å². The first kappa shape index (κ1) is 23.4. The topological polar surface area (TPSA) is 79.8 Å². The van der Waals surface area contributed by atoms with Crippen LogP contribution in [0.4, 0.5) is 0 Å². The van der Waals surface area contributed by atoms with Gasteiger partial charge < -0.3 is 9.64 Å². The van der Waals surface area contributed by atoms with Crippen LogP contribution in [0, 0.1) is 0 Å². The van der Waals surface area contributed by atoms with Gasteiger partial charge in [-0.3, -0.25) is 24.3 Å². The molecule has 0 aliphatic carbocycles. The van der Waals surface area contributed by atoms with Crippen molar-refractivity contribution in [2.24, 2.45) is 0 Å². The normalized spacial score (nSPS) is 23.3. The van der Waals surface area contributed by atoms with E-state index in [2.05, 4.69) is 4.98 Å². The molecule has 2 aliphatic rings. The number of aromatic nitrogens is 1. The number of carbonyl (C=O) groups excluding carboxylic acids is 3. The first-order valence-corrected chi connectivity index (χ1v) is 11.6. The van der Waals surface area contributed by atoms with E-state index in [1.165, 1.54) is 12.0 Å². The van der Waals surface area contributed by atoms with Gasteiger partial charge in [0.1, 0.15) is 0 Å². The Hall–Kier alpha value is -2.77. The number of rotatable bonds is 7. The highest BCUT2D eigenvalue weighted by Gasteiger charge is 2.55. The van der Waals surface area contributed by atoms with Crippen LogP contribution in [0.3, 0.4) is 0 Å². The third-order valence-corrected chi connectivity index (χ3v) is 6.95. The number of pyridine rings is 1. The Morgan fingerprint density at radius 1 is 1.18 bits per heavy atom. The summed E-state index contributed by atoms with van der Waals surface area (Å²) >= 11 is 6.51. The monoisotopic (exact) mass is 469 g/mol. The van der Waals surface area contributed by atoms with Crippen molar-refractivity contribution in [1.29, 1.82) is 0 Å². The molecule has 2 fully saturated rings. The summed E-state index contributed by atoms with van der Waals surface area (Å²) in [6.07, 6.45) is 4.23. The van der Waals surface area contributed by atoms with E-state index in [0.29, 0.717) is 17.1 Å². The molecule has 33 heavy (non-hydrogen) atoms. The Labute approximate surface area is 198 Å². The molecular formula is C25H28ClN3O4. The average molecular weight is 470 g/mol. The molecule has 1 aromatic heterocycles. The van der Waals surface area contributed by atoms with Crippen LogP contribution in [-0.4, -0.2) is 59.3 Å². The molecule has 174 valence electrons. The largest absolute Gasteiger partial charge is 0.383 e. The predicted octanol–water partition coefficient (Wildman–Crippen LogP) is 3.52. The SMILES string of the molecule is COCCN1C(=O)C[C@@](CC(=O)N2CCCC[C@H]2c2ccccn2)(c2ccccc2Cl)C1=O. The molecule has 3 amide bonds. The summed E-state index contributed by atoms with van der Waals surface area (Å²) in [6.45, 7) is 0.973. The highest BCUT2D eigenvalue weighted by Crippen LogP contribution is 2.44. The van der Waals surface area contributed by atoms with E-state index in [1.807, 2.05) is 23.1 Å². The first-order chi connectivity index (χ1) is 16.0. The molecule has 0 N–H and O–H groups in total. The van der Waals surface area contributed by atoms with Gasteiger partial charge in [0.25, 0.3) is 0 Å². The molecule has 2 saturated heterocycles. The van der Waals surface area contributed by atoms with Crippen LogP contribution in [-0.2, 0) is 24.5 Å². The van der Waals surface area contributed by atoms with Gasteiger partial charge in [0, 0.05) is 37.7 Å². The van der Waals surface area contributed by atoms with Crippen molar-refractivity contribution in [3.8, 4) is 0 Å². The number of amides is 3. The number of imide groups is 1. The molecule has 7 nitrogen and oxygen atoms in total. The summed E-state index contributed by atoms with van der Waals surface area (Å²) in [7, 11) is 1.52. The van der Waals surface area contributed by atoms with Crippen LogP contribution >= 0.6 is 11.6 Å². The van der Waals surface area contributed by atoms with Gasteiger partial charge in [0.05, 0.1) is 30.3 Å². The van der Waals surface area contributed by atoms with Gasteiger partial charge in [-0.2, -0.15) is 0 Å². The number of piperidine rings is 1. The Kier molecular flexibility index (Phi) is 7.10. The van der Waals surface area contributed by atoms with Crippen molar-refractivity contribution in [3.63, 3.8) is 0 Å². The summed E-state index contributed by atoms with van der Waals surface area (Å²) < 4.78 is 5.08. The maximum absolute atomic E-state index is 13.7. The molecule has 0 radical (unpaired) electrons. The molecule has 0 bridgehead atoms. The quantitative estimate of drug-likeness (QED) is 0.579. The van der Waals surface area contributed by atoms with E-state index in [-0.39, 0.29) is 43.8 Å². The van der Waals surface area contributed by atoms with E-state index in [4.69, 9.17) is 16.3 Å². The fourth-order valence-corrected chi connectivity index (χ4v) is 5.29. The van der Waals surface area contributed by atoms with Crippen LogP contribution in [0.1, 0.15) is 49.4 Å². The standard InChI is InChI=1S/C25H28ClN3O4/c1-33-15-14-29-23(31)17-25(24(29)32,18-8-2-3-9-19(18)26)16-22(30)28-13-7-5-11-21(28)20-10-4-6-12-27-20/h2-4,6,8-10,12,21H,5,7,11,13-17H2,1H3/t21-,25-/m0/s1. The van der Waals surface area contributed by atoms with Crippen molar-refractivity contribution in [2.45, 2.75) is 43.6 Å². The fourth-order valence-electron chi connectivity index (χ4n) is 4.97. The zero-order chi connectivity index (χ0) is 23.4. The molecule has 4 rings (SSSR count). The van der Waals surface area contributed by atoms with Crippen molar-refractivity contribution in [3.05, 3.63) is 64.9 Å². The first-order valence-electron chi connectivity index (χ1n) is 11.3. The molecule has 0 saturated carbocycles. The lowest BCUT2D eigenvalue weighted by Crippen LogP contribution is -2.46. The maximum atomic E-state index is 13.7. The molecular weight excluding hydrogens is 442 g/mol. The number of halogens is 1. The second-order valence-electron chi connectivity index (χ2n) is 8.61. The lowest BCUT2D eigenvalue weighted by molar-refractivity contribution is -0.144. The highest BCUT2D eigenvalue weighted by molar-refractivity contribution is 6.32. The molecule has 0 unspecified atom stereocenters. The van der Waals surface area contributed by atoms with Gasteiger partial charge in [-0.05, 0) is 43.0 Å². The van der Waals surface area contributed by atoms with Crippen molar-refractivity contribution < 1.29 is 19.1 Å². The van der Waals surface area contributed by atoms with E-state index in [0.717, 1.165) is 25.0 Å². The summed E-state index contributed by atoms with van der Waals surface area (Å²) in [4.78, 5) is 47.8. The maximum Gasteiger partial charge on any atom is 0.241 e. The van der Waals surface area contributed by atoms with Gasteiger partial charge in [0.2, 0.25) is 17.7 Å². The number of hydrogen-bond acceptors (Lipinski definition) is 5. The molecule has 3 heterocycles. The number of methoxy groups -OCH3 is 1. The molecule has 2 atom stereocenters. The van der Waals surface area contributed by atoms with Crippen molar-refractivity contribution in [2.75, 3.05) is 26.8 Å². The Morgan fingerprint density at radius 3 is 2.70 bits per heavy atom. The molecule has 2 aliphatic heterocycles. The Morgan fingerprint density at radius 2 is 1.97 bits per heavy atom. The van der Waals surface area contributed by atoms with Crippen LogP contribution in [0.2, 0.25) is 5.02 Å². The third-order valence-electron chi connectivity index (χ3n) is 6.62. The number of hydrogen-bond donors (Lipinski definition) is 0. The van der Waals surface area contributed by atoms with Crippen LogP contribution in [0.15, 0.2) is 48.7 Å². The zero-order valence-corrected chi connectivity index (χ0v) is 19.5. The zero-order valence-electron chi connectivity index (χ0n) is 18.7. The Bertz CT molecular complexity index is 1030. The molecule has 1 aromatic carbocycles. The van der Waals surface area contributed by atoms with Crippen LogP contribution < -0.4 is 0 Å². The second kappa shape index (κ2) is 10.0. The van der Waals surface area contributed by atoms with Gasteiger partial charge in [-0.15, -0.1) is 0 Å². The minimum atomic E-state index is -1.33. The molecule has 0 spiro atoms. The lowest BCUT2D eigenvalue weighted by Gasteiger charge is -2.38. The lowest BCUT2D eigenvalue weighted by atomic mass is 9.75. The third kappa shape index (κ3) is 4.52. The number of carbonyl (C=O) groups is 3. The van der Waals surface area contributed by atoms with Crippen molar-refractivity contribution in [1.82, 2.24) is 14.8 Å². The summed E-state index contributed by atoms with van der Waals surface area (Å²) in [5, 5.41) is 0.375. The Balaban J connectivity index is 1.69. The van der Waals surface area contributed by atoms with Crippen molar-refractivity contribution >= 4 is 29.3 Å². The fraction of sp³-hybridized carbons (Fsp3) is 0.440. The van der Waals surface area contributed by atoms with Gasteiger partial charge in [-0.25, -0.2) is 0 Å².